The highest BCUT2D eigenvalue weighted by Gasteiger charge is 2.06. The van der Waals surface area contributed by atoms with Gasteiger partial charge in [-0.15, -0.1) is 0 Å². The molecule has 0 spiro atoms. The van der Waals surface area contributed by atoms with Gasteiger partial charge in [0.1, 0.15) is 11.5 Å². The van der Waals surface area contributed by atoms with Gasteiger partial charge >= 0.3 is 6.03 Å². The summed E-state index contributed by atoms with van der Waals surface area (Å²) in [4.78, 5) is 11.8. The van der Waals surface area contributed by atoms with E-state index in [1.165, 1.54) is 5.56 Å². The van der Waals surface area contributed by atoms with Crippen LogP contribution in [0, 0.1) is 6.92 Å². The monoisotopic (exact) mass is 314 g/mol. The molecular formula is C18H22N2O3. The average Bonchev–Trinajstić information content (AvgIpc) is 2.53. The molecule has 0 heterocycles. The maximum absolute atomic E-state index is 11.8. The Balaban J connectivity index is 1.79. The van der Waals surface area contributed by atoms with E-state index in [1.54, 1.807) is 18.2 Å². The summed E-state index contributed by atoms with van der Waals surface area (Å²) in [6, 6.07) is 12.4. The minimum Gasteiger partial charge on any atom is -0.506 e. The lowest BCUT2D eigenvalue weighted by molar-refractivity contribution is 0.234. The summed E-state index contributed by atoms with van der Waals surface area (Å²) in [6.07, 6.45) is 2.15. The largest absolute Gasteiger partial charge is 0.506 e. The van der Waals surface area contributed by atoms with Crippen molar-refractivity contribution in [1.29, 1.82) is 0 Å². The highest BCUT2D eigenvalue weighted by Crippen LogP contribution is 2.23. The molecule has 23 heavy (non-hydrogen) atoms. The molecule has 0 saturated heterocycles. The minimum absolute atomic E-state index is 0.0261. The summed E-state index contributed by atoms with van der Waals surface area (Å²) in [5.41, 5.74) is 2.58. The summed E-state index contributed by atoms with van der Waals surface area (Å²) >= 11 is 0. The lowest BCUT2D eigenvalue weighted by atomic mass is 10.1. The number of hydrogen-bond acceptors (Lipinski definition) is 3. The van der Waals surface area contributed by atoms with Crippen molar-refractivity contribution in [2.24, 2.45) is 0 Å². The van der Waals surface area contributed by atoms with Gasteiger partial charge < -0.3 is 20.5 Å². The van der Waals surface area contributed by atoms with Gasteiger partial charge in [0.25, 0.3) is 0 Å². The van der Waals surface area contributed by atoms with E-state index in [2.05, 4.69) is 17.6 Å². The normalized spacial score (nSPS) is 10.2. The van der Waals surface area contributed by atoms with Gasteiger partial charge in [0.15, 0.2) is 6.73 Å². The first-order chi connectivity index (χ1) is 11.1. The Labute approximate surface area is 136 Å². The van der Waals surface area contributed by atoms with Gasteiger partial charge in [-0.2, -0.15) is 0 Å². The zero-order valence-corrected chi connectivity index (χ0v) is 13.4. The van der Waals surface area contributed by atoms with Crippen molar-refractivity contribution in [1.82, 2.24) is 5.32 Å². The van der Waals surface area contributed by atoms with Crippen molar-refractivity contribution in [2.45, 2.75) is 26.7 Å². The number of urea groups is 1. The number of rotatable bonds is 6. The SMILES string of the molecule is CCCc1ccc(OCNC(=O)Nc2cc(C)ccc2O)cc1. The lowest BCUT2D eigenvalue weighted by Crippen LogP contribution is -2.32. The van der Waals surface area contributed by atoms with Gasteiger partial charge in [-0.3, -0.25) is 0 Å². The van der Waals surface area contributed by atoms with E-state index in [9.17, 15) is 9.90 Å². The molecule has 0 aliphatic rings. The van der Waals surface area contributed by atoms with Crippen molar-refractivity contribution in [3.05, 3.63) is 53.6 Å². The van der Waals surface area contributed by atoms with Crippen molar-refractivity contribution >= 4 is 11.7 Å². The predicted octanol–water partition coefficient (Wildman–Crippen LogP) is 3.81. The van der Waals surface area contributed by atoms with Gasteiger partial charge in [-0.1, -0.05) is 31.5 Å². The lowest BCUT2D eigenvalue weighted by Gasteiger charge is -2.11. The van der Waals surface area contributed by atoms with Crippen LogP contribution in [-0.4, -0.2) is 17.9 Å². The zero-order chi connectivity index (χ0) is 16.7. The first-order valence-corrected chi connectivity index (χ1v) is 7.64. The van der Waals surface area contributed by atoms with Crippen LogP contribution in [0.3, 0.4) is 0 Å². The summed E-state index contributed by atoms with van der Waals surface area (Å²) < 4.78 is 5.47. The number of nitrogens with one attached hydrogen (secondary N) is 2. The van der Waals surface area contributed by atoms with Gasteiger partial charge in [-0.25, -0.2) is 4.79 Å². The third-order valence-electron chi connectivity index (χ3n) is 3.33. The summed E-state index contributed by atoms with van der Waals surface area (Å²) in [5, 5.41) is 14.8. The standard InChI is InChI=1S/C18H22N2O3/c1-3-4-14-6-8-15(9-7-14)23-12-19-18(22)20-16-11-13(2)5-10-17(16)21/h5-11,21H,3-4,12H2,1-2H3,(H2,19,20,22). The smallest absolute Gasteiger partial charge is 0.321 e. The number of amides is 2. The Kier molecular flexibility index (Phi) is 5.86. The molecule has 3 N–H and O–H groups in total. The molecule has 0 aliphatic heterocycles. The van der Waals surface area contributed by atoms with Crippen LogP contribution in [0.25, 0.3) is 0 Å². The number of hydrogen-bond donors (Lipinski definition) is 3. The van der Waals surface area contributed by atoms with Crippen LogP contribution in [0.15, 0.2) is 42.5 Å². The van der Waals surface area contributed by atoms with Crippen LogP contribution in [0.2, 0.25) is 0 Å². The number of aromatic hydroxyl groups is 1. The second-order valence-corrected chi connectivity index (χ2v) is 5.33. The van der Waals surface area contributed by atoms with Crippen LogP contribution < -0.4 is 15.4 Å². The summed E-state index contributed by atoms with van der Waals surface area (Å²) in [5.74, 6) is 0.724. The summed E-state index contributed by atoms with van der Waals surface area (Å²) in [7, 11) is 0. The topological polar surface area (TPSA) is 70.6 Å². The quantitative estimate of drug-likeness (QED) is 0.561. The molecule has 5 nitrogen and oxygen atoms in total. The highest BCUT2D eigenvalue weighted by molar-refractivity contribution is 5.90. The van der Waals surface area contributed by atoms with Crippen molar-refractivity contribution in [2.75, 3.05) is 12.0 Å². The molecule has 0 radical (unpaired) electrons. The molecule has 2 amide bonds. The van der Waals surface area contributed by atoms with E-state index in [-0.39, 0.29) is 12.5 Å². The Bertz CT molecular complexity index is 654. The van der Waals surface area contributed by atoms with Crippen molar-refractivity contribution in [3.8, 4) is 11.5 Å². The van der Waals surface area contributed by atoms with Crippen molar-refractivity contribution < 1.29 is 14.6 Å². The Morgan fingerprint density at radius 3 is 2.61 bits per heavy atom. The number of phenols is 1. The van der Waals surface area contributed by atoms with Gasteiger partial charge in [-0.05, 0) is 48.7 Å². The molecule has 0 saturated carbocycles. The highest BCUT2D eigenvalue weighted by atomic mass is 16.5. The zero-order valence-electron chi connectivity index (χ0n) is 13.4. The van der Waals surface area contributed by atoms with E-state index in [1.807, 2.05) is 31.2 Å². The molecule has 2 aromatic rings. The van der Waals surface area contributed by atoms with E-state index >= 15 is 0 Å². The van der Waals surface area contributed by atoms with Crippen LogP contribution in [0.1, 0.15) is 24.5 Å². The Hall–Kier alpha value is -2.69. The molecule has 0 unspecified atom stereocenters. The van der Waals surface area contributed by atoms with Crippen LogP contribution in [0.5, 0.6) is 11.5 Å². The molecule has 2 aromatic carbocycles. The number of anilines is 1. The van der Waals surface area contributed by atoms with Crippen LogP contribution >= 0.6 is 0 Å². The maximum atomic E-state index is 11.8. The molecule has 0 aliphatic carbocycles. The molecule has 0 atom stereocenters. The van der Waals surface area contributed by atoms with Crippen LogP contribution in [0.4, 0.5) is 10.5 Å². The van der Waals surface area contributed by atoms with Gasteiger partial charge in [0.05, 0.1) is 5.69 Å². The first kappa shape index (κ1) is 16.7. The number of benzene rings is 2. The molecule has 0 fully saturated rings. The van der Waals surface area contributed by atoms with E-state index in [0.29, 0.717) is 11.4 Å². The second-order valence-electron chi connectivity index (χ2n) is 5.33. The molecule has 2 rings (SSSR count). The third-order valence-corrected chi connectivity index (χ3v) is 3.33. The van der Waals surface area contributed by atoms with Crippen LogP contribution in [-0.2, 0) is 6.42 Å². The van der Waals surface area contributed by atoms with Gasteiger partial charge in [0, 0.05) is 0 Å². The molecule has 0 bridgehead atoms. The average molecular weight is 314 g/mol. The number of phenolic OH excluding ortho intramolecular Hbond substituents is 1. The van der Waals surface area contributed by atoms with Gasteiger partial charge in [0.2, 0.25) is 0 Å². The molecule has 0 aromatic heterocycles. The number of aryl methyl sites for hydroxylation is 2. The minimum atomic E-state index is -0.437. The Morgan fingerprint density at radius 1 is 1.17 bits per heavy atom. The Morgan fingerprint density at radius 2 is 1.91 bits per heavy atom. The first-order valence-electron chi connectivity index (χ1n) is 7.64. The number of carbonyl (C=O) groups is 1. The molecular weight excluding hydrogens is 292 g/mol. The maximum Gasteiger partial charge on any atom is 0.321 e. The third kappa shape index (κ3) is 5.21. The predicted molar refractivity (Wildman–Crippen MR) is 90.9 cm³/mol. The van der Waals surface area contributed by atoms with E-state index in [4.69, 9.17) is 4.74 Å². The van der Waals surface area contributed by atoms with Crippen molar-refractivity contribution in [3.63, 3.8) is 0 Å². The second kappa shape index (κ2) is 8.08. The molecule has 122 valence electrons. The fraction of sp³-hybridized carbons (Fsp3) is 0.278. The fourth-order valence-electron chi connectivity index (χ4n) is 2.14. The fourth-order valence-corrected chi connectivity index (χ4v) is 2.14. The number of ether oxygens (including phenoxy) is 1. The van der Waals surface area contributed by atoms with E-state index in [0.717, 1.165) is 18.4 Å². The molecule has 5 heteroatoms. The summed E-state index contributed by atoms with van der Waals surface area (Å²) in [6.45, 7) is 4.07. The van der Waals surface area contributed by atoms with E-state index < -0.39 is 6.03 Å². The number of carbonyl (C=O) groups excluding carboxylic acids is 1.